The summed E-state index contributed by atoms with van der Waals surface area (Å²) in [5.74, 6) is -1.68. The van der Waals surface area contributed by atoms with Gasteiger partial charge in [0.2, 0.25) is 5.91 Å². The zero-order valence-electron chi connectivity index (χ0n) is 14.3. The average Bonchev–Trinajstić information content (AvgIpc) is 2.91. The minimum atomic E-state index is -4.11. The lowest BCUT2D eigenvalue weighted by Gasteiger charge is -2.12. The predicted octanol–water partition coefficient (Wildman–Crippen LogP) is -0.0841. The van der Waals surface area contributed by atoms with Crippen LogP contribution in [-0.2, 0) is 29.4 Å². The number of methoxy groups -OCH3 is 1. The largest absolute Gasteiger partial charge is 0.465 e. The van der Waals surface area contributed by atoms with E-state index in [4.69, 9.17) is 0 Å². The van der Waals surface area contributed by atoms with Gasteiger partial charge in [-0.25, -0.2) is 21.6 Å². The van der Waals surface area contributed by atoms with Crippen molar-refractivity contribution < 1.29 is 31.2 Å². The molecular formula is C15H20N2O7S2. The normalized spacial score (nSPS) is 19.1. The van der Waals surface area contributed by atoms with E-state index in [1.165, 1.54) is 19.2 Å². The summed E-state index contributed by atoms with van der Waals surface area (Å²) in [5, 5.41) is 0. The maximum Gasteiger partial charge on any atom is 0.337 e. The molecule has 0 aliphatic carbocycles. The number of sulfone groups is 1. The molecule has 1 aliphatic heterocycles. The molecule has 26 heavy (non-hydrogen) atoms. The van der Waals surface area contributed by atoms with Gasteiger partial charge in [-0.15, -0.1) is 4.83 Å². The summed E-state index contributed by atoms with van der Waals surface area (Å²) >= 11 is 0. The molecule has 11 heteroatoms. The lowest BCUT2D eigenvalue weighted by molar-refractivity contribution is -0.122. The number of ether oxygens (including phenoxy) is 1. The molecule has 1 heterocycles. The standard InChI is InChI=1S/C15H20N2O7S2/c1-10-3-4-12(15(19)24-2)8-13(10)26(22,23)17-16-14(18)7-11-5-6-25(20,21)9-11/h3-4,8,11,17H,5-7,9H2,1-2H3,(H,16,18)/t11-/m1/s1. The number of hydrazine groups is 1. The van der Waals surface area contributed by atoms with E-state index in [0.29, 0.717) is 12.0 Å². The molecule has 1 fully saturated rings. The first-order valence-corrected chi connectivity index (χ1v) is 11.0. The van der Waals surface area contributed by atoms with E-state index in [0.717, 1.165) is 6.07 Å². The first-order chi connectivity index (χ1) is 12.0. The van der Waals surface area contributed by atoms with Crippen molar-refractivity contribution in [3.05, 3.63) is 29.3 Å². The lowest BCUT2D eigenvalue weighted by atomic mass is 10.1. The number of hydrogen-bond donors (Lipinski definition) is 2. The third-order valence-corrected chi connectivity index (χ3v) is 7.25. The maximum atomic E-state index is 12.4. The summed E-state index contributed by atoms with van der Waals surface area (Å²) in [7, 11) is -6.05. The minimum Gasteiger partial charge on any atom is -0.465 e. The van der Waals surface area contributed by atoms with Crippen molar-refractivity contribution in [3.8, 4) is 0 Å². The topological polar surface area (TPSA) is 136 Å². The van der Waals surface area contributed by atoms with Crippen LogP contribution in [0, 0.1) is 12.8 Å². The molecule has 2 rings (SSSR count). The third kappa shape index (κ3) is 5.02. The van der Waals surface area contributed by atoms with Gasteiger partial charge in [0, 0.05) is 6.42 Å². The molecule has 0 aromatic heterocycles. The van der Waals surface area contributed by atoms with Gasteiger partial charge in [-0.1, -0.05) is 6.07 Å². The summed E-state index contributed by atoms with van der Waals surface area (Å²) in [6.07, 6.45) is 0.283. The number of sulfonamides is 1. The number of amides is 1. The Balaban J connectivity index is 2.04. The molecule has 1 atom stereocenters. The van der Waals surface area contributed by atoms with E-state index in [2.05, 4.69) is 10.2 Å². The predicted molar refractivity (Wildman–Crippen MR) is 92.4 cm³/mol. The molecular weight excluding hydrogens is 384 g/mol. The second-order valence-electron chi connectivity index (χ2n) is 6.10. The number of carbonyl (C=O) groups excluding carboxylic acids is 2. The lowest BCUT2D eigenvalue weighted by Crippen LogP contribution is -2.42. The fourth-order valence-corrected chi connectivity index (χ4v) is 5.65. The fourth-order valence-electron chi connectivity index (χ4n) is 2.66. The number of rotatable bonds is 6. The number of benzene rings is 1. The second-order valence-corrected chi connectivity index (χ2v) is 9.98. The number of aryl methyl sites for hydroxylation is 1. The molecule has 0 saturated carbocycles. The van der Waals surface area contributed by atoms with Crippen LogP contribution in [0.25, 0.3) is 0 Å². The van der Waals surface area contributed by atoms with Crippen LogP contribution >= 0.6 is 0 Å². The van der Waals surface area contributed by atoms with E-state index in [-0.39, 0.29) is 34.3 Å². The van der Waals surface area contributed by atoms with Gasteiger partial charge in [0.25, 0.3) is 10.0 Å². The third-order valence-electron chi connectivity index (χ3n) is 4.02. The van der Waals surface area contributed by atoms with Crippen molar-refractivity contribution in [2.75, 3.05) is 18.6 Å². The highest BCUT2D eigenvalue weighted by molar-refractivity contribution is 7.91. The molecule has 0 radical (unpaired) electrons. The Kier molecular flexibility index (Phi) is 6.04. The van der Waals surface area contributed by atoms with Crippen LogP contribution in [-0.4, -0.2) is 47.3 Å². The summed E-state index contributed by atoms with van der Waals surface area (Å²) < 4.78 is 52.1. The summed E-state index contributed by atoms with van der Waals surface area (Å²) in [6, 6.07) is 4.03. The van der Waals surface area contributed by atoms with Gasteiger partial charge >= 0.3 is 5.97 Å². The van der Waals surface area contributed by atoms with Crippen molar-refractivity contribution in [1.29, 1.82) is 0 Å². The Bertz CT molecular complexity index is 923. The SMILES string of the molecule is COC(=O)c1ccc(C)c(S(=O)(=O)NNC(=O)C[C@H]2CCS(=O)(=O)C2)c1. The highest BCUT2D eigenvalue weighted by Gasteiger charge is 2.29. The maximum absolute atomic E-state index is 12.4. The number of nitrogens with one attached hydrogen (secondary N) is 2. The van der Waals surface area contributed by atoms with Crippen molar-refractivity contribution >= 4 is 31.7 Å². The minimum absolute atomic E-state index is 0.0379. The van der Waals surface area contributed by atoms with Crippen LogP contribution in [0.15, 0.2) is 23.1 Å². The first kappa shape index (κ1) is 20.3. The van der Waals surface area contributed by atoms with Crippen LogP contribution in [0.2, 0.25) is 0 Å². The first-order valence-electron chi connectivity index (χ1n) is 7.74. The monoisotopic (exact) mass is 404 g/mol. The van der Waals surface area contributed by atoms with Crippen LogP contribution in [0.5, 0.6) is 0 Å². The molecule has 144 valence electrons. The average molecular weight is 404 g/mol. The molecule has 0 unspecified atom stereocenters. The van der Waals surface area contributed by atoms with Gasteiger partial charge in [0.15, 0.2) is 9.84 Å². The Morgan fingerprint density at radius 2 is 2.00 bits per heavy atom. The Labute approximate surface area is 152 Å². The van der Waals surface area contributed by atoms with Gasteiger partial charge in [-0.05, 0) is 37.0 Å². The zero-order valence-corrected chi connectivity index (χ0v) is 15.9. The molecule has 0 bridgehead atoms. The van der Waals surface area contributed by atoms with E-state index < -0.39 is 31.7 Å². The van der Waals surface area contributed by atoms with Crippen molar-refractivity contribution in [1.82, 2.24) is 10.3 Å². The molecule has 0 spiro atoms. The van der Waals surface area contributed by atoms with E-state index in [9.17, 15) is 26.4 Å². The molecule has 2 N–H and O–H groups in total. The Hall–Kier alpha value is -1.98. The second kappa shape index (κ2) is 7.72. The molecule has 1 aromatic rings. The summed E-state index contributed by atoms with van der Waals surface area (Å²) in [6.45, 7) is 1.54. The fraction of sp³-hybridized carbons (Fsp3) is 0.467. The van der Waals surface area contributed by atoms with Gasteiger partial charge in [0.05, 0.1) is 29.1 Å². The van der Waals surface area contributed by atoms with E-state index >= 15 is 0 Å². The molecule has 1 aromatic carbocycles. The van der Waals surface area contributed by atoms with E-state index in [1.54, 1.807) is 6.92 Å². The zero-order chi connectivity index (χ0) is 19.5. The summed E-state index contributed by atoms with van der Waals surface area (Å²) in [4.78, 5) is 25.2. The molecule has 1 saturated heterocycles. The molecule has 1 aliphatic rings. The van der Waals surface area contributed by atoms with E-state index in [1.807, 2.05) is 4.83 Å². The number of carbonyl (C=O) groups is 2. The van der Waals surface area contributed by atoms with Crippen LogP contribution in [0.4, 0.5) is 0 Å². The van der Waals surface area contributed by atoms with Crippen molar-refractivity contribution in [2.45, 2.75) is 24.7 Å². The van der Waals surface area contributed by atoms with Gasteiger partial charge < -0.3 is 4.74 Å². The van der Waals surface area contributed by atoms with Gasteiger partial charge in [-0.2, -0.15) is 0 Å². The van der Waals surface area contributed by atoms with Gasteiger partial charge in [-0.3, -0.25) is 10.2 Å². The Morgan fingerprint density at radius 3 is 2.58 bits per heavy atom. The molecule has 1 amide bonds. The van der Waals surface area contributed by atoms with Crippen LogP contribution < -0.4 is 10.3 Å². The number of hydrogen-bond acceptors (Lipinski definition) is 7. The number of esters is 1. The quantitative estimate of drug-likeness (QED) is 0.500. The van der Waals surface area contributed by atoms with Crippen LogP contribution in [0.3, 0.4) is 0 Å². The Morgan fingerprint density at radius 1 is 1.31 bits per heavy atom. The van der Waals surface area contributed by atoms with Gasteiger partial charge in [0.1, 0.15) is 0 Å². The highest BCUT2D eigenvalue weighted by Crippen LogP contribution is 2.21. The highest BCUT2D eigenvalue weighted by atomic mass is 32.2. The van der Waals surface area contributed by atoms with Crippen LogP contribution in [0.1, 0.15) is 28.8 Å². The molecule has 9 nitrogen and oxygen atoms in total. The smallest absolute Gasteiger partial charge is 0.337 e. The van der Waals surface area contributed by atoms with Crippen molar-refractivity contribution in [3.63, 3.8) is 0 Å². The van der Waals surface area contributed by atoms with Crippen molar-refractivity contribution in [2.24, 2.45) is 5.92 Å². The summed E-state index contributed by atoms with van der Waals surface area (Å²) in [5.41, 5.74) is 2.51.